The Balaban J connectivity index is 0.000000274. The topological polar surface area (TPSA) is 201 Å². The van der Waals surface area contributed by atoms with Crippen LogP contribution in [0.4, 0.5) is 43.9 Å². The number of ketones is 2. The molecule has 4 N–H and O–H groups in total. The number of carbonyl (C=O) groups is 6. The van der Waals surface area contributed by atoms with Crippen LogP contribution in [0.25, 0.3) is 5.69 Å². The number of Topliss-reactive ketones (excluding diaryl/α,β-unsaturated/α-hetero) is 2. The fourth-order valence-corrected chi connectivity index (χ4v) is 14.0. The van der Waals surface area contributed by atoms with Gasteiger partial charge in [0.05, 0.1) is 34.3 Å². The summed E-state index contributed by atoms with van der Waals surface area (Å²) in [6.07, 6.45) is -4.19. The van der Waals surface area contributed by atoms with Crippen LogP contribution in [0.1, 0.15) is 225 Å². The van der Waals surface area contributed by atoms with Crippen LogP contribution in [-0.2, 0) is 67.0 Å². The summed E-state index contributed by atoms with van der Waals surface area (Å²) in [6, 6.07) is 34.5. The highest BCUT2D eigenvalue weighted by Crippen LogP contribution is 2.37. The number of aryl methyl sites for hydroxylation is 4. The van der Waals surface area contributed by atoms with Crippen LogP contribution in [-0.4, -0.2) is 202 Å². The number of alkyl halides is 9. The molecule has 19 nitrogen and oxygen atoms in total. The maximum absolute atomic E-state index is 13.5. The number of pyridine rings is 1. The number of carbonyl (C=O) groups excluding carboxylic acids is 6. The predicted octanol–water partition coefficient (Wildman–Crippen LogP) is 19.1. The smallest absolute Gasteiger partial charge is 0.350 e. The number of nitrogens with zero attached hydrogens (tertiary/aromatic N) is 9. The quantitative estimate of drug-likeness (QED) is 0.0394. The van der Waals surface area contributed by atoms with Crippen LogP contribution >= 0.6 is 0 Å². The van der Waals surface area contributed by atoms with Crippen molar-refractivity contribution in [2.75, 3.05) is 98.7 Å². The molecule has 0 aliphatic carbocycles. The van der Waals surface area contributed by atoms with E-state index in [2.05, 4.69) is 96.7 Å². The first-order valence-corrected chi connectivity index (χ1v) is 44.9. The van der Waals surface area contributed by atoms with Gasteiger partial charge in [-0.05, 0) is 227 Å². The van der Waals surface area contributed by atoms with Gasteiger partial charge in [-0.1, -0.05) is 121 Å². The Morgan fingerprint density at radius 1 is 0.400 bits per heavy atom. The van der Waals surface area contributed by atoms with Gasteiger partial charge in [0, 0.05) is 188 Å². The molecule has 0 radical (unpaired) electrons. The molecule has 8 aromatic rings. The molecule has 0 atom stereocenters. The fourth-order valence-electron chi connectivity index (χ4n) is 14.0. The average molecular weight is 1820 g/mol. The Morgan fingerprint density at radius 2 is 0.792 bits per heavy atom. The van der Waals surface area contributed by atoms with E-state index in [0.29, 0.717) is 29.9 Å². The standard InChI is InChI=1S/C19H27F3N2O.C18H26F3N3O.C17H24F3N3O.C15H19N3O.C12H16O.C11H14FNO.C9H13N/c1-4-23-7-9-24(10-8-23)13-16-6-5-15(12-18(25)14(2)3)11-17(16)19(20,21)22;1-4-23-7-9-24(10-8-23)12-15-6-5-14(17(25)22-13(2)3)11-16(15)18(19,20)21;1-12(2)21-16(24)13-4-5-14(15(10-13)17(18,19)20)11-23-8-6-22(3)7-9-23;1-10(2)17-15(19)13-5-11(3)6-14(7-13)18-8-12(4)16-9-18;1-9(2)12(13)8-11-6-4-5-10(3)7-11;1-7(2)13-11(14)9-6-8(3)4-5-10(9)12;1-8(2)7-9-3-5-10-6-4-9/h5-6,11,14H,4,7-10,12-13H2,1-3H3;5-6,11,13H,4,7-10,12H2,1-3H3,(H,22,25);4-5,10,12H,6-9,11H2,1-3H3,(H,21,24);5-10H,1-4H3,(H,17,19);4-7,9H,8H2,1-3H3;4-7H,1-3H3,(H,13,14);3-6,8H,7H2,1-2H3. The lowest BCUT2D eigenvalue weighted by atomic mass is 9.96. The van der Waals surface area contributed by atoms with Gasteiger partial charge in [-0.25, -0.2) is 9.37 Å². The second-order valence-corrected chi connectivity index (χ2v) is 35.7. The lowest BCUT2D eigenvalue weighted by molar-refractivity contribution is -0.139. The number of likely N-dealkylation sites (N-methyl/N-ethyl adjacent to an activating group) is 3. The van der Waals surface area contributed by atoms with Crippen molar-refractivity contribution in [2.24, 2.45) is 17.8 Å². The van der Waals surface area contributed by atoms with E-state index in [1.165, 1.54) is 47.5 Å². The van der Waals surface area contributed by atoms with E-state index in [0.717, 1.165) is 150 Å². The van der Waals surface area contributed by atoms with Gasteiger partial charge in [-0.3, -0.25) is 48.5 Å². The van der Waals surface area contributed by atoms with Crippen LogP contribution in [0, 0.1) is 51.3 Å². The first kappa shape index (κ1) is 110. The first-order chi connectivity index (χ1) is 60.9. The van der Waals surface area contributed by atoms with Crippen molar-refractivity contribution in [3.05, 3.63) is 253 Å². The molecule has 0 bridgehead atoms. The molecular formula is C101H139F10N13O6. The van der Waals surface area contributed by atoms with E-state index >= 15 is 0 Å². The summed E-state index contributed by atoms with van der Waals surface area (Å²) in [6.45, 7) is 50.9. The van der Waals surface area contributed by atoms with E-state index in [-0.39, 0.29) is 106 Å². The Kier molecular flexibility index (Phi) is 45.4. The third-order valence-electron chi connectivity index (χ3n) is 21.3. The van der Waals surface area contributed by atoms with Crippen molar-refractivity contribution >= 4 is 35.2 Å². The number of nitrogens with one attached hydrogen (secondary N) is 4. The van der Waals surface area contributed by atoms with Crippen molar-refractivity contribution in [1.82, 2.24) is 65.2 Å². The third-order valence-corrected chi connectivity index (χ3v) is 21.3. The molecule has 3 aliphatic heterocycles. The molecule has 130 heavy (non-hydrogen) atoms. The van der Waals surface area contributed by atoms with Crippen molar-refractivity contribution in [3.63, 3.8) is 0 Å². The zero-order valence-electron chi connectivity index (χ0n) is 79.9. The van der Waals surface area contributed by atoms with E-state index in [1.807, 2.05) is 146 Å². The minimum atomic E-state index is -4.48. The lowest BCUT2D eigenvalue weighted by Gasteiger charge is -2.34. The van der Waals surface area contributed by atoms with Crippen LogP contribution < -0.4 is 21.3 Å². The number of rotatable bonds is 25. The fraction of sp³-hybridized carbons (Fsp3) is 0.505. The summed E-state index contributed by atoms with van der Waals surface area (Å²) < 4.78 is 136. The number of aromatic nitrogens is 3. The Hall–Kier alpha value is -10.0. The van der Waals surface area contributed by atoms with Crippen molar-refractivity contribution in [2.45, 2.75) is 220 Å². The minimum Gasteiger partial charge on any atom is -0.350 e. The molecule has 0 saturated carbocycles. The lowest BCUT2D eigenvalue weighted by Crippen LogP contribution is -2.45. The van der Waals surface area contributed by atoms with Gasteiger partial charge in [0.15, 0.2) is 0 Å². The summed E-state index contributed by atoms with van der Waals surface area (Å²) in [5.74, 6) is -0.883. The number of amides is 4. The molecule has 0 unspecified atom stereocenters. The van der Waals surface area contributed by atoms with Crippen LogP contribution in [0.3, 0.4) is 0 Å². The number of imidazole rings is 1. The average Bonchev–Trinajstić information content (AvgIpc) is 1.07. The van der Waals surface area contributed by atoms with Crippen LogP contribution in [0.5, 0.6) is 0 Å². The molecular weight excluding hydrogens is 1680 g/mol. The number of piperazine rings is 3. The predicted molar refractivity (Wildman–Crippen MR) is 498 cm³/mol. The molecule has 2 aromatic heterocycles. The molecule has 714 valence electrons. The van der Waals surface area contributed by atoms with Crippen molar-refractivity contribution in [3.8, 4) is 5.69 Å². The van der Waals surface area contributed by atoms with E-state index in [9.17, 15) is 72.7 Å². The van der Waals surface area contributed by atoms with Gasteiger partial charge in [-0.2, -0.15) is 39.5 Å². The van der Waals surface area contributed by atoms with Gasteiger partial charge < -0.3 is 40.5 Å². The number of hydrogen-bond donors (Lipinski definition) is 4. The van der Waals surface area contributed by atoms with Gasteiger partial charge in [-0.15, -0.1) is 0 Å². The summed E-state index contributed by atoms with van der Waals surface area (Å²) in [7, 11) is 2.00. The molecule has 6 aromatic carbocycles. The maximum Gasteiger partial charge on any atom is 0.416 e. The SMILES string of the molecule is CC(C)Cc1ccncc1.CC(C)NC(=O)c1ccc(CN2CCN(C)CC2)c(C(F)(F)F)c1.CCN1CCN(Cc2ccc(C(=O)NC(C)C)cc2C(F)(F)F)CC1.CCN1CCN(Cc2ccc(CC(=O)C(C)C)cc2C(F)(F)F)CC1.Cc1cc(C(=O)NC(C)C)cc(-n2cnc(C)c2)c1.Cc1ccc(F)c(C(=O)NC(C)C)c1.Cc1cccc(CC(=O)C(C)C)c1. The molecule has 4 amide bonds. The summed E-state index contributed by atoms with van der Waals surface area (Å²) in [4.78, 5) is 91.8. The van der Waals surface area contributed by atoms with Gasteiger partial charge >= 0.3 is 18.5 Å². The minimum absolute atomic E-state index is 0.0161. The second kappa shape index (κ2) is 53.5. The normalized spacial score (nSPS) is 14.3. The Bertz CT molecular complexity index is 4850. The molecule has 29 heteroatoms. The van der Waals surface area contributed by atoms with Gasteiger partial charge in [0.1, 0.15) is 17.4 Å². The van der Waals surface area contributed by atoms with Gasteiger partial charge in [0.25, 0.3) is 23.6 Å². The van der Waals surface area contributed by atoms with Gasteiger partial charge in [0.2, 0.25) is 0 Å². The van der Waals surface area contributed by atoms with Crippen LogP contribution in [0.15, 0.2) is 152 Å². The molecule has 11 rings (SSSR count). The number of benzene rings is 6. The first-order valence-electron chi connectivity index (χ1n) is 44.9. The molecule has 3 fully saturated rings. The molecule has 3 aliphatic rings. The molecule has 3 saturated heterocycles. The van der Waals surface area contributed by atoms with E-state index in [1.54, 1.807) is 66.1 Å². The number of halogens is 10. The molecule has 5 heterocycles. The van der Waals surface area contributed by atoms with Crippen LogP contribution in [0.2, 0.25) is 0 Å². The zero-order valence-corrected chi connectivity index (χ0v) is 79.9. The second-order valence-electron chi connectivity index (χ2n) is 35.7. The zero-order chi connectivity index (χ0) is 97.1. The van der Waals surface area contributed by atoms with E-state index < -0.39 is 52.9 Å². The highest BCUT2D eigenvalue weighted by Gasteiger charge is 2.38. The van der Waals surface area contributed by atoms with Crippen molar-refractivity contribution < 1.29 is 72.7 Å². The summed E-state index contributed by atoms with van der Waals surface area (Å²) in [5, 5.41) is 10.8. The highest BCUT2D eigenvalue weighted by atomic mass is 19.4. The number of hydrogen-bond acceptors (Lipinski definition) is 14. The largest absolute Gasteiger partial charge is 0.416 e. The Morgan fingerprint density at radius 3 is 1.18 bits per heavy atom. The summed E-state index contributed by atoms with van der Waals surface area (Å²) in [5.41, 5.74) is 7.53. The highest BCUT2D eigenvalue weighted by molar-refractivity contribution is 5.96. The third kappa shape index (κ3) is 40.0. The summed E-state index contributed by atoms with van der Waals surface area (Å²) >= 11 is 0. The maximum atomic E-state index is 13.5. The van der Waals surface area contributed by atoms with E-state index in [4.69, 9.17) is 0 Å². The molecule has 0 spiro atoms. The Labute approximate surface area is 764 Å². The van der Waals surface area contributed by atoms with Crippen molar-refractivity contribution in [1.29, 1.82) is 0 Å². The monoisotopic (exact) mass is 1820 g/mol.